The van der Waals surface area contributed by atoms with Crippen molar-refractivity contribution in [3.05, 3.63) is 48.5 Å². The van der Waals surface area contributed by atoms with Gasteiger partial charge in [0.1, 0.15) is 11.5 Å². The van der Waals surface area contributed by atoms with Gasteiger partial charge in [0.05, 0.1) is 13.2 Å². The maximum Gasteiger partial charge on any atom is 0.119 e. The number of hydrogen-bond donors (Lipinski definition) is 0. The first-order chi connectivity index (χ1) is 9.17. The van der Waals surface area contributed by atoms with Crippen LogP contribution in [0.3, 0.4) is 0 Å². The molecule has 0 amide bonds. The van der Waals surface area contributed by atoms with E-state index in [0.29, 0.717) is 0 Å². The number of ether oxygens (including phenoxy) is 2. The Morgan fingerprint density at radius 1 is 0.789 bits per heavy atom. The SMILES string of the molecule is COc1ccc(Sc2ccc(OC(C)C)cc2)cc1. The molecule has 2 aromatic rings. The molecule has 2 aromatic carbocycles. The van der Waals surface area contributed by atoms with Crippen molar-refractivity contribution in [3.8, 4) is 11.5 Å². The van der Waals surface area contributed by atoms with Crippen molar-refractivity contribution in [3.63, 3.8) is 0 Å². The standard InChI is InChI=1S/C16H18O2S/c1-12(2)18-14-6-10-16(11-7-14)19-15-8-4-13(17-3)5-9-15/h4-12H,1-3H3. The van der Waals surface area contributed by atoms with Crippen molar-refractivity contribution >= 4 is 11.8 Å². The Hall–Kier alpha value is -1.61. The lowest BCUT2D eigenvalue weighted by Crippen LogP contribution is -2.04. The summed E-state index contributed by atoms with van der Waals surface area (Å²) in [5, 5.41) is 0. The zero-order valence-corrected chi connectivity index (χ0v) is 12.2. The van der Waals surface area contributed by atoms with E-state index in [0.717, 1.165) is 11.5 Å². The van der Waals surface area contributed by atoms with Gasteiger partial charge in [-0.05, 0) is 62.4 Å². The van der Waals surface area contributed by atoms with E-state index in [9.17, 15) is 0 Å². The van der Waals surface area contributed by atoms with Crippen LogP contribution in [-0.4, -0.2) is 13.2 Å². The molecule has 19 heavy (non-hydrogen) atoms. The zero-order valence-electron chi connectivity index (χ0n) is 11.4. The maximum absolute atomic E-state index is 5.62. The van der Waals surface area contributed by atoms with E-state index in [4.69, 9.17) is 9.47 Å². The molecule has 0 spiro atoms. The Bertz CT molecular complexity index is 503. The first-order valence-corrected chi connectivity index (χ1v) is 7.07. The zero-order chi connectivity index (χ0) is 13.7. The normalized spacial score (nSPS) is 10.5. The summed E-state index contributed by atoms with van der Waals surface area (Å²) in [6.07, 6.45) is 0.208. The molecule has 2 nitrogen and oxygen atoms in total. The third-order valence-electron chi connectivity index (χ3n) is 2.49. The number of rotatable bonds is 5. The van der Waals surface area contributed by atoms with E-state index in [1.807, 2.05) is 38.1 Å². The van der Waals surface area contributed by atoms with Gasteiger partial charge in [0, 0.05) is 9.79 Å². The molecule has 0 aliphatic rings. The molecule has 0 bridgehead atoms. The summed E-state index contributed by atoms with van der Waals surface area (Å²) in [4.78, 5) is 2.39. The van der Waals surface area contributed by atoms with Gasteiger partial charge in [-0.15, -0.1) is 0 Å². The average molecular weight is 274 g/mol. The molecule has 0 aromatic heterocycles. The van der Waals surface area contributed by atoms with Gasteiger partial charge >= 0.3 is 0 Å². The first kappa shape index (κ1) is 13.8. The van der Waals surface area contributed by atoms with Crippen molar-refractivity contribution in [2.45, 2.75) is 29.7 Å². The van der Waals surface area contributed by atoms with Crippen LogP contribution in [-0.2, 0) is 0 Å². The summed E-state index contributed by atoms with van der Waals surface area (Å²) in [7, 11) is 1.68. The predicted molar refractivity (Wildman–Crippen MR) is 79.3 cm³/mol. The molecule has 2 rings (SSSR count). The molecule has 0 N–H and O–H groups in total. The van der Waals surface area contributed by atoms with Gasteiger partial charge in [-0.25, -0.2) is 0 Å². The second kappa shape index (κ2) is 6.53. The molecular weight excluding hydrogens is 256 g/mol. The minimum Gasteiger partial charge on any atom is -0.497 e. The molecule has 0 unspecified atom stereocenters. The molecule has 3 heteroatoms. The van der Waals surface area contributed by atoms with Gasteiger partial charge in [-0.3, -0.25) is 0 Å². The van der Waals surface area contributed by atoms with Gasteiger partial charge < -0.3 is 9.47 Å². The fourth-order valence-corrected chi connectivity index (χ4v) is 2.45. The Morgan fingerprint density at radius 3 is 1.68 bits per heavy atom. The van der Waals surface area contributed by atoms with Crippen molar-refractivity contribution in [2.75, 3.05) is 7.11 Å². The fraction of sp³-hybridized carbons (Fsp3) is 0.250. The monoisotopic (exact) mass is 274 g/mol. The summed E-state index contributed by atoms with van der Waals surface area (Å²) in [6.45, 7) is 4.06. The van der Waals surface area contributed by atoms with Crippen LogP contribution in [0.2, 0.25) is 0 Å². The Balaban J connectivity index is 2.02. The number of benzene rings is 2. The van der Waals surface area contributed by atoms with E-state index in [1.54, 1.807) is 18.9 Å². The molecule has 0 heterocycles. The van der Waals surface area contributed by atoms with Crippen molar-refractivity contribution in [2.24, 2.45) is 0 Å². The van der Waals surface area contributed by atoms with E-state index >= 15 is 0 Å². The van der Waals surface area contributed by atoms with Crippen LogP contribution >= 0.6 is 11.8 Å². The van der Waals surface area contributed by atoms with Crippen molar-refractivity contribution in [1.29, 1.82) is 0 Å². The van der Waals surface area contributed by atoms with Crippen LogP contribution in [0.5, 0.6) is 11.5 Å². The maximum atomic E-state index is 5.62. The van der Waals surface area contributed by atoms with Gasteiger partial charge in [-0.2, -0.15) is 0 Å². The molecule has 0 aliphatic heterocycles. The van der Waals surface area contributed by atoms with Gasteiger partial charge in [0.25, 0.3) is 0 Å². The lowest BCUT2D eigenvalue weighted by molar-refractivity contribution is 0.242. The predicted octanol–water partition coefficient (Wildman–Crippen LogP) is 4.63. The van der Waals surface area contributed by atoms with E-state index in [1.165, 1.54) is 9.79 Å². The minimum absolute atomic E-state index is 0.208. The fourth-order valence-electron chi connectivity index (χ4n) is 1.64. The number of methoxy groups -OCH3 is 1. The highest BCUT2D eigenvalue weighted by atomic mass is 32.2. The average Bonchev–Trinajstić information content (AvgIpc) is 2.41. The molecule has 0 saturated carbocycles. The van der Waals surface area contributed by atoms with Crippen molar-refractivity contribution < 1.29 is 9.47 Å². The quantitative estimate of drug-likeness (QED) is 0.791. The van der Waals surface area contributed by atoms with Crippen LogP contribution in [0.15, 0.2) is 58.3 Å². The highest BCUT2D eigenvalue weighted by Crippen LogP contribution is 2.30. The van der Waals surface area contributed by atoms with Gasteiger partial charge in [-0.1, -0.05) is 11.8 Å². The smallest absolute Gasteiger partial charge is 0.119 e. The minimum atomic E-state index is 0.208. The second-order valence-corrected chi connectivity index (χ2v) is 5.56. The Morgan fingerprint density at radius 2 is 1.26 bits per heavy atom. The molecule has 0 aliphatic carbocycles. The lowest BCUT2D eigenvalue weighted by atomic mass is 10.3. The van der Waals surface area contributed by atoms with Crippen LogP contribution in [0, 0.1) is 0 Å². The molecule has 0 saturated heterocycles. The third-order valence-corrected chi connectivity index (χ3v) is 3.51. The first-order valence-electron chi connectivity index (χ1n) is 6.26. The van der Waals surface area contributed by atoms with Crippen LogP contribution in [0.25, 0.3) is 0 Å². The molecule has 0 radical (unpaired) electrons. The Labute approximate surface area is 118 Å². The second-order valence-electron chi connectivity index (χ2n) is 4.42. The van der Waals surface area contributed by atoms with Crippen LogP contribution < -0.4 is 9.47 Å². The molecule has 0 atom stereocenters. The van der Waals surface area contributed by atoms with Gasteiger partial charge in [0.2, 0.25) is 0 Å². The van der Waals surface area contributed by atoms with Crippen LogP contribution in [0.1, 0.15) is 13.8 Å². The largest absolute Gasteiger partial charge is 0.497 e. The van der Waals surface area contributed by atoms with E-state index in [-0.39, 0.29) is 6.10 Å². The van der Waals surface area contributed by atoms with E-state index < -0.39 is 0 Å². The van der Waals surface area contributed by atoms with Crippen LogP contribution in [0.4, 0.5) is 0 Å². The lowest BCUT2D eigenvalue weighted by Gasteiger charge is -2.10. The van der Waals surface area contributed by atoms with Crippen molar-refractivity contribution in [1.82, 2.24) is 0 Å². The molecule has 100 valence electrons. The highest BCUT2D eigenvalue weighted by molar-refractivity contribution is 7.99. The summed E-state index contributed by atoms with van der Waals surface area (Å²) in [5.41, 5.74) is 0. The molecule has 0 fully saturated rings. The summed E-state index contributed by atoms with van der Waals surface area (Å²) in [5.74, 6) is 1.79. The number of hydrogen-bond acceptors (Lipinski definition) is 3. The highest BCUT2D eigenvalue weighted by Gasteiger charge is 2.00. The molecular formula is C16H18O2S. The summed E-state index contributed by atoms with van der Waals surface area (Å²) in [6, 6.07) is 16.2. The summed E-state index contributed by atoms with van der Waals surface area (Å²) >= 11 is 1.72. The Kier molecular flexibility index (Phi) is 4.74. The summed E-state index contributed by atoms with van der Waals surface area (Å²) < 4.78 is 10.8. The van der Waals surface area contributed by atoms with Gasteiger partial charge in [0.15, 0.2) is 0 Å². The third kappa shape index (κ3) is 4.21. The van der Waals surface area contributed by atoms with E-state index in [2.05, 4.69) is 24.3 Å². The topological polar surface area (TPSA) is 18.5 Å².